The number of hydrogen-bond donors (Lipinski definition) is 0. The van der Waals surface area contributed by atoms with E-state index in [9.17, 15) is 35.5 Å². The van der Waals surface area contributed by atoms with Crippen LogP contribution in [-0.4, -0.2) is 19.3 Å². The van der Waals surface area contributed by atoms with E-state index in [1.807, 2.05) is 0 Å². The maximum absolute atomic E-state index is 13.8. The SMILES string of the molecule is COc1c(F)c(F)c(COC(=O)[C@@H]2C(/C=C\C(F)(F)F)C2(C)C)c(F)c1F. The predicted molar refractivity (Wildman–Crippen MR) is 78.6 cm³/mol. The van der Waals surface area contributed by atoms with E-state index in [1.54, 1.807) is 0 Å². The first-order chi connectivity index (χ1) is 12.3. The van der Waals surface area contributed by atoms with Gasteiger partial charge in [-0.25, -0.2) is 8.78 Å². The highest BCUT2D eigenvalue weighted by atomic mass is 19.4. The summed E-state index contributed by atoms with van der Waals surface area (Å²) in [5.74, 6) is -11.3. The molecule has 3 nitrogen and oxygen atoms in total. The molecule has 0 radical (unpaired) electrons. The number of ether oxygens (including phenoxy) is 2. The van der Waals surface area contributed by atoms with Gasteiger partial charge in [-0.05, 0) is 11.3 Å². The number of rotatable bonds is 5. The maximum Gasteiger partial charge on any atom is 0.409 e. The molecule has 1 fully saturated rings. The number of hydrogen-bond acceptors (Lipinski definition) is 3. The van der Waals surface area contributed by atoms with Crippen molar-refractivity contribution >= 4 is 5.97 Å². The molecule has 1 aromatic carbocycles. The number of allylic oxidation sites excluding steroid dienone is 2. The second-order valence-corrected chi connectivity index (χ2v) is 6.60. The Balaban J connectivity index is 2.14. The van der Waals surface area contributed by atoms with Crippen LogP contribution in [0.3, 0.4) is 0 Å². The summed E-state index contributed by atoms with van der Waals surface area (Å²) < 4.78 is 101. The third-order valence-corrected chi connectivity index (χ3v) is 4.53. The first-order valence-corrected chi connectivity index (χ1v) is 7.64. The summed E-state index contributed by atoms with van der Waals surface area (Å²) in [7, 11) is 0.809. The van der Waals surface area contributed by atoms with Gasteiger partial charge in [0.15, 0.2) is 17.4 Å². The Bertz CT molecular complexity index is 755. The zero-order valence-electron chi connectivity index (χ0n) is 14.4. The minimum absolute atomic E-state index is 0.0136. The highest BCUT2D eigenvalue weighted by Crippen LogP contribution is 2.59. The molecule has 1 aliphatic rings. The average molecular weight is 400 g/mol. The van der Waals surface area contributed by atoms with Crippen LogP contribution in [0.15, 0.2) is 12.2 Å². The Morgan fingerprint density at radius 1 is 1.07 bits per heavy atom. The molecule has 2 atom stereocenters. The molecule has 1 aromatic rings. The molecule has 0 saturated heterocycles. The maximum atomic E-state index is 13.8. The van der Waals surface area contributed by atoms with Crippen molar-refractivity contribution in [2.75, 3.05) is 7.11 Å². The van der Waals surface area contributed by atoms with E-state index in [0.717, 1.165) is 13.2 Å². The molecule has 1 aliphatic carbocycles. The Hall–Kier alpha value is -2.26. The van der Waals surface area contributed by atoms with Gasteiger partial charge in [-0.2, -0.15) is 22.0 Å². The minimum atomic E-state index is -4.56. The second kappa shape index (κ2) is 7.05. The lowest BCUT2D eigenvalue weighted by atomic mass is 10.1. The monoisotopic (exact) mass is 400 g/mol. The van der Waals surface area contributed by atoms with E-state index in [0.29, 0.717) is 0 Å². The summed E-state index contributed by atoms with van der Waals surface area (Å²) in [6.45, 7) is 1.90. The number of methoxy groups -OCH3 is 1. The quantitative estimate of drug-likeness (QED) is 0.312. The largest absolute Gasteiger partial charge is 0.491 e. The Labute approximate surface area is 149 Å². The molecule has 0 amide bonds. The van der Waals surface area contributed by atoms with Gasteiger partial charge in [0.25, 0.3) is 0 Å². The van der Waals surface area contributed by atoms with Gasteiger partial charge < -0.3 is 9.47 Å². The van der Waals surface area contributed by atoms with E-state index in [4.69, 9.17) is 0 Å². The van der Waals surface area contributed by atoms with Crippen molar-refractivity contribution in [3.63, 3.8) is 0 Å². The van der Waals surface area contributed by atoms with Crippen LogP contribution in [-0.2, 0) is 16.1 Å². The molecular formula is C17H15F7O3. The van der Waals surface area contributed by atoms with Gasteiger partial charge in [-0.3, -0.25) is 4.79 Å². The Morgan fingerprint density at radius 3 is 2.04 bits per heavy atom. The van der Waals surface area contributed by atoms with Crippen LogP contribution in [0.5, 0.6) is 5.75 Å². The molecular weight excluding hydrogens is 385 g/mol. The summed E-state index contributed by atoms with van der Waals surface area (Å²) in [6.07, 6.45) is -3.77. The third kappa shape index (κ3) is 4.03. The summed E-state index contributed by atoms with van der Waals surface area (Å²) in [6, 6.07) is 0. The van der Waals surface area contributed by atoms with E-state index >= 15 is 0 Å². The van der Waals surface area contributed by atoms with Gasteiger partial charge in [-0.15, -0.1) is 0 Å². The fourth-order valence-corrected chi connectivity index (χ4v) is 2.90. The molecule has 150 valence electrons. The zero-order chi connectivity index (χ0) is 20.7. The van der Waals surface area contributed by atoms with Crippen LogP contribution in [0, 0.1) is 40.5 Å². The van der Waals surface area contributed by atoms with Crippen molar-refractivity contribution in [2.45, 2.75) is 26.6 Å². The standard InChI is InChI=1S/C17H15F7O3/c1-16(2)8(4-5-17(22,23)24)9(16)15(25)27-6-7-10(18)12(20)14(26-3)13(21)11(7)19/h4-5,8-9H,6H2,1-3H3/b5-4-/t8?,9-/m0/s1. The number of alkyl halides is 3. The summed E-state index contributed by atoms with van der Waals surface area (Å²) in [4.78, 5) is 12.1. The predicted octanol–water partition coefficient (Wildman–Crippen LogP) is 4.69. The molecule has 10 heteroatoms. The van der Waals surface area contributed by atoms with Crippen molar-refractivity contribution in [2.24, 2.45) is 17.3 Å². The lowest BCUT2D eigenvalue weighted by Gasteiger charge is -2.11. The van der Waals surface area contributed by atoms with Crippen LogP contribution in [0.25, 0.3) is 0 Å². The van der Waals surface area contributed by atoms with Gasteiger partial charge in [0.05, 0.1) is 18.6 Å². The highest BCUT2D eigenvalue weighted by molar-refractivity contribution is 5.78. The average Bonchev–Trinajstić information content (AvgIpc) is 3.12. The van der Waals surface area contributed by atoms with Gasteiger partial charge in [-0.1, -0.05) is 19.9 Å². The molecule has 1 unspecified atom stereocenters. The van der Waals surface area contributed by atoms with Gasteiger partial charge in [0.2, 0.25) is 11.6 Å². The number of carbonyl (C=O) groups excluding carboxylic acids is 1. The molecule has 1 saturated carbocycles. The van der Waals surface area contributed by atoms with Gasteiger partial charge in [0.1, 0.15) is 6.61 Å². The summed E-state index contributed by atoms with van der Waals surface area (Å²) in [5.41, 5.74) is -2.04. The first kappa shape index (κ1) is 21.0. The minimum Gasteiger partial charge on any atom is -0.491 e. The first-order valence-electron chi connectivity index (χ1n) is 7.64. The van der Waals surface area contributed by atoms with E-state index < -0.39 is 70.6 Å². The van der Waals surface area contributed by atoms with Crippen molar-refractivity contribution < 1.29 is 45.0 Å². The fourth-order valence-electron chi connectivity index (χ4n) is 2.90. The van der Waals surface area contributed by atoms with Crippen LogP contribution < -0.4 is 4.74 Å². The van der Waals surface area contributed by atoms with Gasteiger partial charge in [0, 0.05) is 6.08 Å². The van der Waals surface area contributed by atoms with E-state index in [-0.39, 0.29) is 6.08 Å². The van der Waals surface area contributed by atoms with Crippen molar-refractivity contribution in [1.82, 2.24) is 0 Å². The lowest BCUT2D eigenvalue weighted by molar-refractivity contribution is -0.147. The second-order valence-electron chi connectivity index (χ2n) is 6.60. The molecule has 0 spiro atoms. The number of esters is 1. The smallest absolute Gasteiger partial charge is 0.409 e. The number of carbonyl (C=O) groups is 1. The number of halogens is 7. The highest BCUT2D eigenvalue weighted by Gasteiger charge is 2.61. The van der Waals surface area contributed by atoms with Crippen LogP contribution in [0.1, 0.15) is 19.4 Å². The van der Waals surface area contributed by atoms with Crippen LogP contribution >= 0.6 is 0 Å². The fraction of sp³-hybridized carbons (Fsp3) is 0.471. The molecule has 2 rings (SSSR count). The van der Waals surface area contributed by atoms with Gasteiger partial charge >= 0.3 is 12.1 Å². The molecule has 0 aromatic heterocycles. The topological polar surface area (TPSA) is 35.5 Å². The van der Waals surface area contributed by atoms with E-state index in [2.05, 4.69) is 9.47 Å². The van der Waals surface area contributed by atoms with Crippen LogP contribution in [0.2, 0.25) is 0 Å². The molecule has 0 aliphatic heterocycles. The van der Waals surface area contributed by atoms with Crippen molar-refractivity contribution in [1.29, 1.82) is 0 Å². The zero-order valence-corrected chi connectivity index (χ0v) is 14.4. The molecule has 0 bridgehead atoms. The number of benzene rings is 1. The Kier molecular flexibility index (Phi) is 5.49. The van der Waals surface area contributed by atoms with Crippen LogP contribution in [0.4, 0.5) is 30.7 Å². The molecule has 27 heavy (non-hydrogen) atoms. The van der Waals surface area contributed by atoms with Crippen molar-refractivity contribution in [3.8, 4) is 5.75 Å². The Morgan fingerprint density at radius 2 is 1.59 bits per heavy atom. The summed E-state index contributed by atoms with van der Waals surface area (Å²) in [5, 5.41) is 0. The lowest BCUT2D eigenvalue weighted by Crippen LogP contribution is -2.14. The normalized spacial score (nSPS) is 21.4. The summed E-state index contributed by atoms with van der Waals surface area (Å²) >= 11 is 0. The third-order valence-electron chi connectivity index (χ3n) is 4.53. The van der Waals surface area contributed by atoms with E-state index in [1.165, 1.54) is 13.8 Å². The van der Waals surface area contributed by atoms with Crippen molar-refractivity contribution in [3.05, 3.63) is 41.0 Å². The molecule has 0 heterocycles. The molecule has 0 N–H and O–H groups in total.